The SMILES string of the molecule is CCn1c(=O)c(N2CCN(C(=O)Nc3ccccc3C(F)(F)F)CC2)nc2ccccc21. The number of para-hydroxylation sites is 3. The molecule has 7 nitrogen and oxygen atoms in total. The number of aryl methyl sites for hydroxylation is 1. The fraction of sp³-hybridized carbons (Fsp3) is 0.318. The van der Waals surface area contributed by atoms with Gasteiger partial charge in [0.25, 0.3) is 5.56 Å². The van der Waals surface area contributed by atoms with Gasteiger partial charge >= 0.3 is 12.2 Å². The van der Waals surface area contributed by atoms with Gasteiger partial charge < -0.3 is 19.7 Å². The van der Waals surface area contributed by atoms with Crippen LogP contribution < -0.4 is 15.8 Å². The van der Waals surface area contributed by atoms with E-state index in [0.29, 0.717) is 31.0 Å². The largest absolute Gasteiger partial charge is 0.418 e. The molecule has 168 valence electrons. The van der Waals surface area contributed by atoms with E-state index in [1.54, 1.807) is 4.57 Å². The van der Waals surface area contributed by atoms with Gasteiger partial charge in [-0.25, -0.2) is 9.78 Å². The van der Waals surface area contributed by atoms with Crippen LogP contribution >= 0.6 is 0 Å². The van der Waals surface area contributed by atoms with Crippen molar-refractivity contribution in [3.05, 3.63) is 64.4 Å². The number of hydrogen-bond acceptors (Lipinski definition) is 4. The smallest absolute Gasteiger partial charge is 0.348 e. The molecule has 0 spiro atoms. The van der Waals surface area contributed by atoms with Gasteiger partial charge in [0.1, 0.15) is 0 Å². The Morgan fingerprint density at radius 1 is 1.03 bits per heavy atom. The Hall–Kier alpha value is -3.56. The highest BCUT2D eigenvalue weighted by Crippen LogP contribution is 2.34. The van der Waals surface area contributed by atoms with Crippen LogP contribution in [-0.4, -0.2) is 46.7 Å². The van der Waals surface area contributed by atoms with Gasteiger partial charge in [-0.2, -0.15) is 13.2 Å². The summed E-state index contributed by atoms with van der Waals surface area (Å²) in [5.41, 5.74) is 0.0723. The Bertz CT molecular complexity index is 1200. The predicted molar refractivity (Wildman–Crippen MR) is 116 cm³/mol. The molecule has 1 aromatic heterocycles. The molecule has 0 bridgehead atoms. The van der Waals surface area contributed by atoms with Gasteiger partial charge in [0, 0.05) is 32.7 Å². The van der Waals surface area contributed by atoms with Crippen LogP contribution in [0.1, 0.15) is 12.5 Å². The summed E-state index contributed by atoms with van der Waals surface area (Å²) in [6.07, 6.45) is -4.57. The molecule has 2 amide bonds. The summed E-state index contributed by atoms with van der Waals surface area (Å²) in [6.45, 7) is 3.58. The molecule has 2 heterocycles. The van der Waals surface area contributed by atoms with Gasteiger partial charge in [-0.3, -0.25) is 4.79 Å². The third-order valence-electron chi connectivity index (χ3n) is 5.49. The van der Waals surface area contributed by atoms with E-state index in [1.807, 2.05) is 36.1 Å². The zero-order valence-corrected chi connectivity index (χ0v) is 17.4. The molecule has 0 unspecified atom stereocenters. The van der Waals surface area contributed by atoms with E-state index in [4.69, 9.17) is 0 Å². The standard InChI is InChI=1S/C22H22F3N5O2/c1-2-30-18-10-6-5-9-17(18)26-19(20(30)31)28-11-13-29(14-12-28)21(32)27-16-8-4-3-7-15(16)22(23,24)25/h3-10H,2,11-14H2,1H3,(H,27,32). The van der Waals surface area contributed by atoms with Crippen molar-refractivity contribution in [1.82, 2.24) is 14.5 Å². The third-order valence-corrected chi connectivity index (χ3v) is 5.49. The molecule has 4 rings (SSSR count). The van der Waals surface area contributed by atoms with Gasteiger partial charge in [-0.15, -0.1) is 0 Å². The van der Waals surface area contributed by atoms with E-state index < -0.39 is 17.8 Å². The number of anilines is 2. The minimum atomic E-state index is -4.57. The molecule has 0 saturated carbocycles. The first kappa shape index (κ1) is 21.7. The van der Waals surface area contributed by atoms with Crippen molar-refractivity contribution >= 4 is 28.6 Å². The quantitative estimate of drug-likeness (QED) is 0.666. The fourth-order valence-electron chi connectivity index (χ4n) is 3.85. The number of alkyl halides is 3. The van der Waals surface area contributed by atoms with Crippen molar-refractivity contribution in [2.45, 2.75) is 19.6 Å². The Morgan fingerprint density at radius 2 is 1.69 bits per heavy atom. The maximum Gasteiger partial charge on any atom is 0.418 e. The number of hydrogen-bond donors (Lipinski definition) is 1. The fourth-order valence-corrected chi connectivity index (χ4v) is 3.85. The molecule has 0 radical (unpaired) electrons. The first-order valence-corrected chi connectivity index (χ1v) is 10.3. The molecule has 1 saturated heterocycles. The molecule has 32 heavy (non-hydrogen) atoms. The van der Waals surface area contributed by atoms with Gasteiger partial charge in [0.2, 0.25) is 0 Å². The van der Waals surface area contributed by atoms with E-state index >= 15 is 0 Å². The highest BCUT2D eigenvalue weighted by Gasteiger charge is 2.34. The van der Waals surface area contributed by atoms with Gasteiger partial charge in [0.05, 0.1) is 22.3 Å². The molecular formula is C22H22F3N5O2. The number of urea groups is 1. The van der Waals surface area contributed by atoms with E-state index in [1.165, 1.54) is 23.1 Å². The van der Waals surface area contributed by atoms with Crippen molar-refractivity contribution in [2.75, 3.05) is 36.4 Å². The second-order valence-corrected chi connectivity index (χ2v) is 7.42. The van der Waals surface area contributed by atoms with Crippen LogP contribution in [0.4, 0.5) is 29.5 Å². The van der Waals surface area contributed by atoms with Crippen LogP contribution in [0.2, 0.25) is 0 Å². The van der Waals surface area contributed by atoms with Gasteiger partial charge in [0.15, 0.2) is 5.82 Å². The lowest BCUT2D eigenvalue weighted by atomic mass is 10.1. The van der Waals surface area contributed by atoms with Crippen molar-refractivity contribution in [3.8, 4) is 0 Å². The number of benzene rings is 2. The summed E-state index contributed by atoms with van der Waals surface area (Å²) >= 11 is 0. The highest BCUT2D eigenvalue weighted by atomic mass is 19.4. The maximum absolute atomic E-state index is 13.2. The normalized spacial score (nSPS) is 14.6. The molecule has 1 aliphatic heterocycles. The zero-order chi connectivity index (χ0) is 22.9. The lowest BCUT2D eigenvalue weighted by Crippen LogP contribution is -2.51. The molecule has 1 fully saturated rings. The second kappa shape index (κ2) is 8.52. The number of amides is 2. The van der Waals surface area contributed by atoms with Gasteiger partial charge in [-0.05, 0) is 31.2 Å². The van der Waals surface area contributed by atoms with E-state index in [0.717, 1.165) is 11.6 Å². The molecule has 2 aromatic carbocycles. The minimum Gasteiger partial charge on any atom is -0.348 e. The maximum atomic E-state index is 13.2. The van der Waals surface area contributed by atoms with Crippen LogP contribution in [0, 0.1) is 0 Å². The summed E-state index contributed by atoms with van der Waals surface area (Å²) in [5, 5.41) is 2.36. The summed E-state index contributed by atoms with van der Waals surface area (Å²) in [6, 6.07) is 11.6. The second-order valence-electron chi connectivity index (χ2n) is 7.42. The summed E-state index contributed by atoms with van der Waals surface area (Å²) < 4.78 is 41.2. The molecule has 0 atom stereocenters. The number of carbonyl (C=O) groups excluding carboxylic acids is 1. The number of fused-ring (bicyclic) bond motifs is 1. The number of aromatic nitrogens is 2. The minimum absolute atomic E-state index is 0.205. The predicted octanol–water partition coefficient (Wildman–Crippen LogP) is 3.79. The van der Waals surface area contributed by atoms with Crippen LogP contribution in [-0.2, 0) is 12.7 Å². The summed E-state index contributed by atoms with van der Waals surface area (Å²) in [7, 11) is 0. The molecular weight excluding hydrogens is 423 g/mol. The molecule has 1 aliphatic rings. The molecule has 10 heteroatoms. The van der Waals surface area contributed by atoms with Crippen molar-refractivity contribution in [3.63, 3.8) is 0 Å². The molecule has 0 aliphatic carbocycles. The summed E-state index contributed by atoms with van der Waals surface area (Å²) in [4.78, 5) is 33.3. The van der Waals surface area contributed by atoms with Crippen LogP contribution in [0.3, 0.4) is 0 Å². The average Bonchev–Trinajstić information content (AvgIpc) is 2.78. The van der Waals surface area contributed by atoms with Crippen LogP contribution in [0.5, 0.6) is 0 Å². The Labute approximate surface area is 182 Å². The van der Waals surface area contributed by atoms with Crippen molar-refractivity contribution in [1.29, 1.82) is 0 Å². The zero-order valence-electron chi connectivity index (χ0n) is 17.4. The van der Waals surface area contributed by atoms with E-state index in [9.17, 15) is 22.8 Å². The third kappa shape index (κ3) is 4.12. The first-order chi connectivity index (χ1) is 15.3. The van der Waals surface area contributed by atoms with Crippen molar-refractivity contribution in [2.24, 2.45) is 0 Å². The number of carbonyl (C=O) groups is 1. The topological polar surface area (TPSA) is 70.5 Å². The van der Waals surface area contributed by atoms with E-state index in [-0.39, 0.29) is 24.3 Å². The molecule has 1 N–H and O–H groups in total. The number of nitrogens with one attached hydrogen (secondary N) is 1. The average molecular weight is 445 g/mol. The molecule has 3 aromatic rings. The lowest BCUT2D eigenvalue weighted by molar-refractivity contribution is -0.136. The van der Waals surface area contributed by atoms with E-state index in [2.05, 4.69) is 10.3 Å². The first-order valence-electron chi connectivity index (χ1n) is 10.3. The van der Waals surface area contributed by atoms with Crippen LogP contribution in [0.25, 0.3) is 11.0 Å². The summed E-state index contributed by atoms with van der Waals surface area (Å²) in [5.74, 6) is 0.313. The van der Waals surface area contributed by atoms with Gasteiger partial charge in [-0.1, -0.05) is 24.3 Å². The highest BCUT2D eigenvalue weighted by molar-refractivity contribution is 5.90. The number of piperazine rings is 1. The lowest BCUT2D eigenvalue weighted by Gasteiger charge is -2.35. The number of nitrogens with zero attached hydrogens (tertiary/aromatic N) is 4. The number of rotatable bonds is 3. The Kier molecular flexibility index (Phi) is 5.77. The Morgan fingerprint density at radius 3 is 2.38 bits per heavy atom. The monoisotopic (exact) mass is 445 g/mol. The number of halogens is 3. The van der Waals surface area contributed by atoms with Crippen LogP contribution in [0.15, 0.2) is 53.3 Å². The van der Waals surface area contributed by atoms with Crippen molar-refractivity contribution < 1.29 is 18.0 Å². The Balaban J connectivity index is 1.49.